The van der Waals surface area contributed by atoms with Crippen LogP contribution in [0.2, 0.25) is 0 Å². The number of alkyl halides is 3. The maximum Gasteiger partial charge on any atom is 0.416 e. The van der Waals surface area contributed by atoms with Gasteiger partial charge in [-0.1, -0.05) is 0 Å². The number of nitrogens with two attached hydrogens (primary N) is 1. The van der Waals surface area contributed by atoms with Gasteiger partial charge in [-0.25, -0.2) is 9.97 Å². The van der Waals surface area contributed by atoms with Gasteiger partial charge in [0.15, 0.2) is 5.82 Å². The Hall–Kier alpha value is -1.93. The average molecular weight is 312 g/mol. The smallest absolute Gasteiger partial charge is 0.337 e. The molecule has 0 amide bonds. The second-order valence-electron chi connectivity index (χ2n) is 4.54. The molecule has 2 aromatic heterocycles. The lowest BCUT2D eigenvalue weighted by Crippen LogP contribution is -2.04. The number of fused-ring (bicyclic) bond motifs is 1. The second kappa shape index (κ2) is 4.81. The highest BCUT2D eigenvalue weighted by Crippen LogP contribution is 2.33. The molecule has 4 nitrogen and oxygen atoms in total. The molecule has 0 atom stereocenters. The van der Waals surface area contributed by atoms with E-state index in [4.69, 9.17) is 5.73 Å². The number of nitrogens with zero attached hydrogens (tertiary/aromatic N) is 2. The minimum Gasteiger partial charge on any atom is -0.337 e. The number of benzene rings is 1. The van der Waals surface area contributed by atoms with E-state index in [0.717, 1.165) is 27.7 Å². The molecule has 1 aromatic carbocycles. The topological polar surface area (TPSA) is 67.6 Å². The summed E-state index contributed by atoms with van der Waals surface area (Å²) >= 11 is 1.39. The van der Waals surface area contributed by atoms with Gasteiger partial charge >= 0.3 is 6.18 Å². The van der Waals surface area contributed by atoms with Gasteiger partial charge in [-0.15, -0.1) is 11.3 Å². The van der Waals surface area contributed by atoms with E-state index in [2.05, 4.69) is 15.0 Å². The number of H-pyrrole nitrogens is 1. The fraction of sp³-hybridized carbons (Fsp3) is 0.231. The Morgan fingerprint density at radius 1 is 1.29 bits per heavy atom. The first-order valence-corrected chi connectivity index (χ1v) is 6.94. The van der Waals surface area contributed by atoms with Gasteiger partial charge in [0.1, 0.15) is 5.01 Å². The molecule has 2 heterocycles. The third kappa shape index (κ3) is 2.52. The molecule has 0 radical (unpaired) electrons. The van der Waals surface area contributed by atoms with Crippen molar-refractivity contribution < 1.29 is 13.2 Å². The first-order chi connectivity index (χ1) is 9.88. The molecule has 3 N–H and O–H groups in total. The average Bonchev–Trinajstić information content (AvgIpc) is 2.99. The normalized spacial score (nSPS) is 12.2. The fourth-order valence-corrected chi connectivity index (χ4v) is 2.94. The number of thiazole rings is 1. The van der Waals surface area contributed by atoms with E-state index >= 15 is 0 Å². The predicted molar refractivity (Wildman–Crippen MR) is 74.8 cm³/mol. The SMILES string of the molecule is Cc1nc(CN)sc1-c1nc2ccc(C(F)(F)F)cc2[nH]1. The number of aromatic nitrogens is 3. The lowest BCUT2D eigenvalue weighted by atomic mass is 10.2. The summed E-state index contributed by atoms with van der Waals surface area (Å²) in [6.45, 7) is 2.14. The summed E-state index contributed by atoms with van der Waals surface area (Å²) in [5, 5.41) is 0.763. The van der Waals surface area contributed by atoms with Gasteiger partial charge in [0, 0.05) is 6.54 Å². The minimum absolute atomic E-state index is 0.323. The Morgan fingerprint density at radius 2 is 2.05 bits per heavy atom. The molecular formula is C13H11F3N4S. The van der Waals surface area contributed by atoms with Crippen molar-refractivity contribution >= 4 is 22.4 Å². The van der Waals surface area contributed by atoms with Crippen molar-refractivity contribution in [2.24, 2.45) is 5.73 Å². The standard InChI is InChI=1S/C13H11F3N4S/c1-6-11(21-10(5-17)18-6)12-19-8-3-2-7(13(14,15)16)4-9(8)20-12/h2-4H,5,17H2,1H3,(H,19,20). The quantitative estimate of drug-likeness (QED) is 0.761. The Bertz CT molecular complexity index is 803. The van der Waals surface area contributed by atoms with Gasteiger partial charge in [-0.3, -0.25) is 0 Å². The Labute approximate surface area is 121 Å². The van der Waals surface area contributed by atoms with E-state index < -0.39 is 11.7 Å². The third-order valence-electron chi connectivity index (χ3n) is 3.04. The fourth-order valence-electron chi connectivity index (χ4n) is 2.05. The van der Waals surface area contributed by atoms with Gasteiger partial charge in [-0.05, 0) is 25.1 Å². The van der Waals surface area contributed by atoms with Crippen molar-refractivity contribution in [3.8, 4) is 10.7 Å². The highest BCUT2D eigenvalue weighted by Gasteiger charge is 2.30. The molecule has 0 bridgehead atoms. The van der Waals surface area contributed by atoms with Crippen LogP contribution in [0.25, 0.3) is 21.7 Å². The van der Waals surface area contributed by atoms with Crippen LogP contribution < -0.4 is 5.73 Å². The molecular weight excluding hydrogens is 301 g/mol. The number of aryl methyl sites for hydroxylation is 1. The molecule has 0 saturated carbocycles. The molecule has 0 aliphatic rings. The Kier molecular flexibility index (Phi) is 3.22. The molecule has 0 spiro atoms. The van der Waals surface area contributed by atoms with E-state index in [0.29, 0.717) is 23.4 Å². The molecule has 0 aliphatic carbocycles. The van der Waals surface area contributed by atoms with Crippen LogP contribution in [0, 0.1) is 6.92 Å². The molecule has 0 fully saturated rings. The van der Waals surface area contributed by atoms with Crippen LogP contribution in [0.4, 0.5) is 13.2 Å². The van der Waals surface area contributed by atoms with E-state index in [-0.39, 0.29) is 0 Å². The van der Waals surface area contributed by atoms with Gasteiger partial charge in [0.05, 0.1) is 27.2 Å². The van der Waals surface area contributed by atoms with Gasteiger partial charge in [0.2, 0.25) is 0 Å². The lowest BCUT2D eigenvalue weighted by Gasteiger charge is -2.05. The third-order valence-corrected chi connectivity index (χ3v) is 4.23. The van der Waals surface area contributed by atoms with Crippen LogP contribution in [-0.2, 0) is 12.7 Å². The summed E-state index contributed by atoms with van der Waals surface area (Å²) < 4.78 is 38.1. The lowest BCUT2D eigenvalue weighted by molar-refractivity contribution is -0.137. The van der Waals surface area contributed by atoms with Gasteiger partial charge in [0.25, 0.3) is 0 Å². The van der Waals surface area contributed by atoms with E-state index in [1.54, 1.807) is 0 Å². The number of hydrogen-bond acceptors (Lipinski definition) is 4. The molecule has 0 unspecified atom stereocenters. The molecule has 21 heavy (non-hydrogen) atoms. The number of rotatable bonds is 2. The zero-order valence-electron chi connectivity index (χ0n) is 11.0. The minimum atomic E-state index is -4.37. The van der Waals surface area contributed by atoms with Crippen LogP contribution in [0.1, 0.15) is 16.3 Å². The van der Waals surface area contributed by atoms with E-state index in [9.17, 15) is 13.2 Å². The van der Waals surface area contributed by atoms with Crippen LogP contribution in [-0.4, -0.2) is 15.0 Å². The molecule has 110 valence electrons. The number of halogens is 3. The van der Waals surface area contributed by atoms with Crippen molar-refractivity contribution in [2.45, 2.75) is 19.6 Å². The zero-order chi connectivity index (χ0) is 15.2. The summed E-state index contributed by atoms with van der Waals surface area (Å²) in [4.78, 5) is 12.3. The van der Waals surface area contributed by atoms with Crippen LogP contribution in [0.3, 0.4) is 0 Å². The summed E-state index contributed by atoms with van der Waals surface area (Å²) in [5.74, 6) is 0.513. The molecule has 0 saturated heterocycles. The second-order valence-corrected chi connectivity index (χ2v) is 5.62. The summed E-state index contributed by atoms with van der Waals surface area (Å²) in [6, 6.07) is 3.45. The highest BCUT2D eigenvalue weighted by molar-refractivity contribution is 7.15. The predicted octanol–water partition coefficient (Wildman–Crippen LogP) is 3.47. The van der Waals surface area contributed by atoms with Crippen molar-refractivity contribution in [1.29, 1.82) is 0 Å². The molecule has 3 rings (SSSR count). The van der Waals surface area contributed by atoms with Crippen LogP contribution in [0.5, 0.6) is 0 Å². The number of aromatic amines is 1. The maximum absolute atomic E-state index is 12.7. The van der Waals surface area contributed by atoms with Crippen molar-refractivity contribution in [2.75, 3.05) is 0 Å². The summed E-state index contributed by atoms with van der Waals surface area (Å²) in [6.07, 6.45) is -4.37. The Morgan fingerprint density at radius 3 is 2.67 bits per heavy atom. The number of nitrogens with one attached hydrogen (secondary N) is 1. The molecule has 8 heteroatoms. The van der Waals surface area contributed by atoms with Crippen molar-refractivity contribution in [3.05, 3.63) is 34.5 Å². The summed E-state index contributed by atoms with van der Waals surface area (Å²) in [7, 11) is 0. The Balaban J connectivity index is 2.10. The van der Waals surface area contributed by atoms with Crippen molar-refractivity contribution in [3.63, 3.8) is 0 Å². The van der Waals surface area contributed by atoms with Crippen LogP contribution >= 0.6 is 11.3 Å². The van der Waals surface area contributed by atoms with Crippen LogP contribution in [0.15, 0.2) is 18.2 Å². The van der Waals surface area contributed by atoms with Gasteiger partial charge < -0.3 is 10.7 Å². The summed E-state index contributed by atoms with van der Waals surface area (Å²) in [5.41, 5.74) is 6.44. The van der Waals surface area contributed by atoms with E-state index in [1.165, 1.54) is 17.4 Å². The highest BCUT2D eigenvalue weighted by atomic mass is 32.1. The first-order valence-electron chi connectivity index (χ1n) is 6.12. The first kappa shape index (κ1) is 14.0. The largest absolute Gasteiger partial charge is 0.416 e. The molecule has 3 aromatic rings. The maximum atomic E-state index is 12.7. The number of hydrogen-bond donors (Lipinski definition) is 2. The van der Waals surface area contributed by atoms with Gasteiger partial charge in [-0.2, -0.15) is 13.2 Å². The number of imidazole rings is 1. The molecule has 0 aliphatic heterocycles. The zero-order valence-corrected chi connectivity index (χ0v) is 11.8. The van der Waals surface area contributed by atoms with E-state index in [1.807, 2.05) is 6.92 Å². The monoisotopic (exact) mass is 312 g/mol. The van der Waals surface area contributed by atoms with Crippen molar-refractivity contribution in [1.82, 2.24) is 15.0 Å².